The minimum Gasteiger partial charge on any atom is -0.459 e. The van der Waals surface area contributed by atoms with Gasteiger partial charge in [-0.15, -0.1) is 15.3 Å². The average Bonchev–Trinajstić information content (AvgIpc) is 3.54. The molecule has 0 aliphatic rings. The van der Waals surface area contributed by atoms with Crippen molar-refractivity contribution in [2.45, 2.75) is 26.8 Å². The molecule has 0 aliphatic carbocycles. The maximum absolute atomic E-state index is 13.6. The van der Waals surface area contributed by atoms with Crippen LogP contribution in [0.15, 0.2) is 57.6 Å². The highest BCUT2D eigenvalue weighted by molar-refractivity contribution is 6.18. The molecule has 10 heteroatoms. The van der Waals surface area contributed by atoms with Crippen molar-refractivity contribution in [2.24, 2.45) is 0 Å². The van der Waals surface area contributed by atoms with Crippen molar-refractivity contribution in [1.29, 1.82) is 0 Å². The predicted octanol–water partition coefficient (Wildman–Crippen LogP) is 3.06. The number of amides is 1. The second-order valence-corrected chi connectivity index (χ2v) is 6.78. The third kappa shape index (κ3) is 4.58. The Balaban J connectivity index is 1.64. The van der Waals surface area contributed by atoms with E-state index in [-0.39, 0.29) is 18.3 Å². The molecule has 0 bridgehead atoms. The Kier molecular flexibility index (Phi) is 5.97. The van der Waals surface area contributed by atoms with Gasteiger partial charge in [-0.2, -0.15) is 4.68 Å². The molecular formula is C21H21N7O3. The van der Waals surface area contributed by atoms with Crippen LogP contribution >= 0.6 is 0 Å². The van der Waals surface area contributed by atoms with Crippen LogP contribution in [0.2, 0.25) is 0 Å². The molecular weight excluding hydrogens is 398 g/mol. The van der Waals surface area contributed by atoms with Crippen LogP contribution in [0.1, 0.15) is 30.6 Å². The fourth-order valence-electron chi connectivity index (χ4n) is 3.04. The summed E-state index contributed by atoms with van der Waals surface area (Å²) in [4.78, 5) is 15.2. The first-order chi connectivity index (χ1) is 15.2. The van der Waals surface area contributed by atoms with Crippen molar-refractivity contribution in [2.75, 3.05) is 6.54 Å². The fourth-order valence-corrected chi connectivity index (χ4v) is 3.04. The number of carbonyl (C=O) groups excluding carboxylic acids is 1. The monoisotopic (exact) mass is 419 g/mol. The van der Waals surface area contributed by atoms with Crippen LogP contribution in [0.3, 0.4) is 0 Å². The molecule has 0 unspecified atom stereocenters. The number of hydrogen-bond acceptors (Lipinski definition) is 8. The largest absolute Gasteiger partial charge is 0.459 e. The van der Waals surface area contributed by atoms with Gasteiger partial charge in [0.2, 0.25) is 5.89 Å². The minimum absolute atomic E-state index is 0.147. The van der Waals surface area contributed by atoms with Crippen molar-refractivity contribution < 1.29 is 13.6 Å². The summed E-state index contributed by atoms with van der Waals surface area (Å²) in [7, 11) is 0. The number of benzene rings is 1. The molecule has 0 saturated heterocycles. The predicted molar refractivity (Wildman–Crippen MR) is 111 cm³/mol. The minimum atomic E-state index is -0.251. The van der Waals surface area contributed by atoms with E-state index < -0.39 is 0 Å². The summed E-state index contributed by atoms with van der Waals surface area (Å²) in [5.74, 6) is 1.30. The van der Waals surface area contributed by atoms with Crippen molar-refractivity contribution in [1.82, 2.24) is 35.3 Å². The van der Waals surface area contributed by atoms with Gasteiger partial charge < -0.3 is 13.7 Å². The lowest BCUT2D eigenvalue weighted by Gasteiger charge is -2.22. The van der Waals surface area contributed by atoms with E-state index in [4.69, 9.17) is 8.83 Å². The van der Waals surface area contributed by atoms with Crippen molar-refractivity contribution in [3.05, 3.63) is 66.0 Å². The summed E-state index contributed by atoms with van der Waals surface area (Å²) in [5.41, 5.74) is 1.18. The number of aromatic nitrogens is 6. The van der Waals surface area contributed by atoms with E-state index in [1.165, 1.54) is 10.9 Å². The first-order valence-electron chi connectivity index (χ1n) is 9.83. The molecule has 3 heterocycles. The van der Waals surface area contributed by atoms with Gasteiger partial charge in [0, 0.05) is 6.54 Å². The summed E-state index contributed by atoms with van der Waals surface area (Å²) >= 11 is 0. The lowest BCUT2D eigenvalue weighted by atomic mass is 10.2. The van der Waals surface area contributed by atoms with Crippen LogP contribution in [0.25, 0.3) is 23.4 Å². The first-order valence-corrected chi connectivity index (χ1v) is 9.83. The topological polar surface area (TPSA) is 116 Å². The molecule has 0 atom stereocenters. The molecule has 4 aromatic rings. The SMILES string of the molecule is CCCN(Cc1nnc(-c2ccco2)o1)C(=O)/C(=C/c1ccccc1)n1nnnc1C. The second-order valence-electron chi connectivity index (χ2n) is 6.78. The summed E-state index contributed by atoms with van der Waals surface area (Å²) in [6.45, 7) is 4.37. The lowest BCUT2D eigenvalue weighted by Crippen LogP contribution is -2.34. The van der Waals surface area contributed by atoms with Crippen molar-refractivity contribution >= 4 is 17.7 Å². The number of carbonyl (C=O) groups is 1. The zero-order chi connectivity index (χ0) is 21.6. The standard InChI is InChI=1S/C21H21N7O3/c1-3-11-27(14-19-23-24-20(31-19)18-10-7-12-30-18)21(29)17(28-15(2)22-25-26-28)13-16-8-5-4-6-9-16/h4-10,12-13H,3,11,14H2,1-2H3/b17-13-. The molecule has 0 aliphatic heterocycles. The van der Waals surface area contributed by atoms with Gasteiger partial charge in [0.15, 0.2) is 11.6 Å². The molecule has 3 aromatic heterocycles. The number of furan rings is 1. The highest BCUT2D eigenvalue weighted by Gasteiger charge is 2.24. The molecule has 158 valence electrons. The summed E-state index contributed by atoms with van der Waals surface area (Å²) in [6, 6.07) is 13.0. The highest BCUT2D eigenvalue weighted by Crippen LogP contribution is 2.20. The molecule has 0 radical (unpaired) electrons. The summed E-state index contributed by atoms with van der Waals surface area (Å²) < 4.78 is 12.4. The zero-order valence-electron chi connectivity index (χ0n) is 17.2. The number of tetrazole rings is 1. The number of aryl methyl sites for hydroxylation is 1. The Morgan fingerprint density at radius 1 is 1.13 bits per heavy atom. The number of nitrogens with zero attached hydrogens (tertiary/aromatic N) is 7. The number of hydrogen-bond donors (Lipinski definition) is 0. The maximum Gasteiger partial charge on any atom is 0.283 e. The van der Waals surface area contributed by atoms with Crippen LogP contribution in [-0.2, 0) is 11.3 Å². The normalized spacial score (nSPS) is 11.6. The van der Waals surface area contributed by atoms with E-state index in [0.717, 1.165) is 12.0 Å². The van der Waals surface area contributed by atoms with Gasteiger partial charge in [-0.1, -0.05) is 37.3 Å². The van der Waals surface area contributed by atoms with Gasteiger partial charge in [-0.3, -0.25) is 4.79 Å². The molecule has 0 N–H and O–H groups in total. The van der Waals surface area contributed by atoms with Gasteiger partial charge in [0.25, 0.3) is 11.8 Å². The molecule has 1 amide bonds. The molecule has 0 spiro atoms. The van der Waals surface area contributed by atoms with Crippen molar-refractivity contribution in [3.63, 3.8) is 0 Å². The van der Waals surface area contributed by atoms with Gasteiger partial charge in [0.05, 0.1) is 12.8 Å². The third-order valence-electron chi connectivity index (χ3n) is 4.48. The van der Waals surface area contributed by atoms with Crippen LogP contribution in [-0.4, -0.2) is 47.8 Å². The lowest BCUT2D eigenvalue weighted by molar-refractivity contribution is -0.126. The summed E-state index contributed by atoms with van der Waals surface area (Å²) in [5, 5.41) is 19.7. The first kappa shape index (κ1) is 20.2. The fraction of sp³-hybridized carbons (Fsp3) is 0.238. The number of rotatable bonds is 8. The Labute approximate surface area is 178 Å². The van der Waals surface area contributed by atoms with Gasteiger partial charge in [-0.05, 0) is 47.5 Å². The maximum atomic E-state index is 13.6. The Morgan fingerprint density at radius 3 is 2.65 bits per heavy atom. The quantitative estimate of drug-likeness (QED) is 0.400. The Bertz CT molecular complexity index is 1160. The Hall–Kier alpha value is -4.08. The van der Waals surface area contributed by atoms with E-state index in [0.29, 0.717) is 29.7 Å². The van der Waals surface area contributed by atoms with Gasteiger partial charge in [0.1, 0.15) is 5.70 Å². The van der Waals surface area contributed by atoms with E-state index in [9.17, 15) is 4.79 Å². The zero-order valence-corrected chi connectivity index (χ0v) is 17.2. The smallest absolute Gasteiger partial charge is 0.283 e. The van der Waals surface area contributed by atoms with Crippen LogP contribution in [0, 0.1) is 6.92 Å². The summed E-state index contributed by atoms with van der Waals surface area (Å²) in [6.07, 6.45) is 4.04. The van der Waals surface area contributed by atoms with E-state index in [1.54, 1.807) is 30.0 Å². The second kappa shape index (κ2) is 9.16. The average molecular weight is 419 g/mol. The molecule has 10 nitrogen and oxygen atoms in total. The van der Waals surface area contributed by atoms with E-state index >= 15 is 0 Å². The molecule has 31 heavy (non-hydrogen) atoms. The molecule has 0 fully saturated rings. The molecule has 0 saturated carbocycles. The van der Waals surface area contributed by atoms with Gasteiger partial charge in [-0.25, -0.2) is 0 Å². The highest BCUT2D eigenvalue weighted by atomic mass is 16.4. The Morgan fingerprint density at radius 2 is 1.97 bits per heavy atom. The van der Waals surface area contributed by atoms with Crippen molar-refractivity contribution in [3.8, 4) is 11.7 Å². The van der Waals surface area contributed by atoms with Crippen LogP contribution in [0.5, 0.6) is 0 Å². The van der Waals surface area contributed by atoms with E-state index in [2.05, 4.69) is 25.7 Å². The molecule has 4 rings (SSSR count). The van der Waals surface area contributed by atoms with E-state index in [1.807, 2.05) is 37.3 Å². The van der Waals surface area contributed by atoms with Gasteiger partial charge >= 0.3 is 0 Å². The molecule has 1 aromatic carbocycles. The van der Waals surface area contributed by atoms with Crippen LogP contribution < -0.4 is 0 Å². The van der Waals surface area contributed by atoms with Crippen LogP contribution in [0.4, 0.5) is 0 Å². The third-order valence-corrected chi connectivity index (χ3v) is 4.48.